The van der Waals surface area contributed by atoms with Crippen LogP contribution < -0.4 is 10.1 Å². The Morgan fingerprint density at radius 2 is 1.74 bits per heavy atom. The number of carbonyl (C=O) groups is 2. The fourth-order valence-electron chi connectivity index (χ4n) is 6.28. The van der Waals surface area contributed by atoms with Crippen LogP contribution in [0.1, 0.15) is 82.7 Å². The number of pyridine rings is 1. The van der Waals surface area contributed by atoms with E-state index in [1.165, 1.54) is 35.4 Å². The SMILES string of the molecule is CC1(C)C(OCc2nc(C=O)co2)=Cc2ccccc21.CNC(C)c1ccc(Cl)cc1.O=C(c1coc(COc2cnc3c(Cl)c(Cl)ccc3c2)n1)N1CCC(O)C1. The summed E-state index contributed by atoms with van der Waals surface area (Å²) in [6.07, 6.45) is 6.95. The van der Waals surface area contributed by atoms with Gasteiger partial charge in [-0.25, -0.2) is 9.97 Å². The molecule has 12 nitrogen and oxygen atoms in total. The van der Waals surface area contributed by atoms with Gasteiger partial charge in [-0.15, -0.1) is 0 Å². The number of aromatic nitrogens is 3. The Hall–Kier alpha value is -5.24. The van der Waals surface area contributed by atoms with Gasteiger partial charge in [0, 0.05) is 35.0 Å². The molecule has 2 N–H and O–H groups in total. The third-order valence-corrected chi connectivity index (χ3v) is 10.7. The first-order chi connectivity index (χ1) is 27.9. The summed E-state index contributed by atoms with van der Waals surface area (Å²) in [5.41, 5.74) is 4.58. The van der Waals surface area contributed by atoms with Crippen LogP contribution in [0.25, 0.3) is 17.0 Å². The summed E-state index contributed by atoms with van der Waals surface area (Å²) in [5, 5.41) is 15.1. The first-order valence-electron chi connectivity index (χ1n) is 18.4. The molecule has 6 aromatic rings. The molecule has 58 heavy (non-hydrogen) atoms. The number of β-amino-alcohol motifs (C(OH)–C–C–N with tert-alkyl or cyclic N) is 1. The number of oxazole rings is 2. The third kappa shape index (κ3) is 10.2. The predicted molar refractivity (Wildman–Crippen MR) is 222 cm³/mol. The fourth-order valence-corrected chi connectivity index (χ4v) is 6.78. The Morgan fingerprint density at radius 1 is 1.02 bits per heavy atom. The highest BCUT2D eigenvalue weighted by atomic mass is 35.5. The zero-order chi connectivity index (χ0) is 41.4. The molecular formula is C43H42Cl3N5O7. The number of benzene rings is 3. The van der Waals surface area contributed by atoms with Crippen molar-refractivity contribution in [3.8, 4) is 5.75 Å². The largest absolute Gasteiger partial charge is 0.487 e. The number of aldehydes is 1. The molecule has 0 spiro atoms. The van der Waals surface area contributed by atoms with Crippen molar-refractivity contribution in [2.45, 2.75) is 58.0 Å². The van der Waals surface area contributed by atoms with E-state index in [9.17, 15) is 14.7 Å². The van der Waals surface area contributed by atoms with Gasteiger partial charge in [-0.3, -0.25) is 14.6 Å². The number of nitrogens with one attached hydrogen (secondary N) is 1. The second kappa shape index (κ2) is 19.0. The van der Waals surface area contributed by atoms with Gasteiger partial charge in [-0.2, -0.15) is 0 Å². The summed E-state index contributed by atoms with van der Waals surface area (Å²) in [7, 11) is 1.94. The second-order valence-electron chi connectivity index (χ2n) is 14.1. The minimum Gasteiger partial charge on any atom is -0.487 e. The maximum atomic E-state index is 12.3. The minimum atomic E-state index is -0.479. The van der Waals surface area contributed by atoms with Crippen molar-refractivity contribution in [3.05, 3.63) is 146 Å². The Labute approximate surface area is 350 Å². The Morgan fingerprint density at radius 3 is 2.43 bits per heavy atom. The van der Waals surface area contributed by atoms with E-state index in [0.717, 1.165) is 16.2 Å². The van der Waals surface area contributed by atoms with Gasteiger partial charge in [-0.05, 0) is 81.3 Å². The zero-order valence-electron chi connectivity index (χ0n) is 32.2. The molecule has 1 saturated heterocycles. The van der Waals surface area contributed by atoms with E-state index in [-0.39, 0.29) is 41.8 Å². The van der Waals surface area contributed by atoms with E-state index < -0.39 is 6.10 Å². The average Bonchev–Trinajstić information content (AvgIpc) is 4.05. The normalized spacial score (nSPS) is 15.7. The molecule has 15 heteroatoms. The van der Waals surface area contributed by atoms with Gasteiger partial charge in [0.2, 0.25) is 11.8 Å². The van der Waals surface area contributed by atoms with Crippen LogP contribution in [0, 0.1) is 0 Å². The summed E-state index contributed by atoms with van der Waals surface area (Å²) in [6.45, 7) is 7.44. The number of carbonyl (C=O) groups excluding carboxylic acids is 2. The van der Waals surface area contributed by atoms with Gasteiger partial charge in [0.1, 0.15) is 29.7 Å². The highest BCUT2D eigenvalue weighted by Gasteiger charge is 2.34. The molecule has 0 radical (unpaired) electrons. The number of rotatable bonds is 10. The fraction of sp³-hybridized carbons (Fsp3) is 0.279. The number of fused-ring (bicyclic) bond motifs is 2. The van der Waals surface area contributed by atoms with Crippen molar-refractivity contribution >= 4 is 64.0 Å². The van der Waals surface area contributed by atoms with Gasteiger partial charge >= 0.3 is 0 Å². The molecule has 1 amide bonds. The van der Waals surface area contributed by atoms with Gasteiger partial charge in [0.05, 0.1) is 27.9 Å². The number of aliphatic hydroxyl groups excluding tert-OH is 1. The van der Waals surface area contributed by atoms with Crippen LogP contribution >= 0.6 is 34.8 Å². The van der Waals surface area contributed by atoms with Crippen LogP contribution in [0.2, 0.25) is 15.1 Å². The van der Waals surface area contributed by atoms with E-state index in [2.05, 4.69) is 53.2 Å². The van der Waals surface area contributed by atoms with Crippen LogP contribution in [-0.2, 0) is 23.4 Å². The maximum absolute atomic E-state index is 12.3. The molecule has 2 aliphatic rings. The van der Waals surface area contributed by atoms with E-state index in [4.69, 9.17) is 53.1 Å². The Bertz CT molecular complexity index is 2400. The summed E-state index contributed by atoms with van der Waals surface area (Å²) < 4.78 is 22.0. The van der Waals surface area contributed by atoms with Gasteiger partial charge in [0.25, 0.3) is 5.91 Å². The standard InChI is InChI=1S/C18H15Cl2N3O4.C16H15NO3.C9H12ClN/c19-13-2-1-10-5-12(6-21-17(10)16(13)20)26-9-15-22-14(8-27-15)18(25)23-4-3-11(24)7-23;1-16(2)13-6-4-3-5-11(13)7-14(16)19-10-15-17-12(8-18)9-20-15;1-7(11-2)8-3-5-9(10)6-4-8/h1-2,5-6,8,11,24H,3-4,7,9H2;3-9H,10H2,1-2H3;3-7,11H,1-2H3. The van der Waals surface area contributed by atoms with Crippen LogP contribution in [0.3, 0.4) is 0 Å². The summed E-state index contributed by atoms with van der Waals surface area (Å²) in [4.78, 5) is 36.8. The average molecular weight is 847 g/mol. The third-order valence-electron chi connectivity index (χ3n) is 9.68. The molecule has 3 aromatic carbocycles. The second-order valence-corrected chi connectivity index (χ2v) is 15.3. The van der Waals surface area contributed by atoms with Crippen molar-refractivity contribution in [3.63, 3.8) is 0 Å². The van der Waals surface area contributed by atoms with Crippen LogP contribution in [0.4, 0.5) is 0 Å². The lowest BCUT2D eigenvalue weighted by molar-refractivity contribution is 0.0759. The lowest BCUT2D eigenvalue weighted by Gasteiger charge is -2.24. The Balaban J connectivity index is 0.000000160. The zero-order valence-corrected chi connectivity index (χ0v) is 34.5. The number of aliphatic hydroxyl groups is 1. The molecule has 0 saturated carbocycles. The van der Waals surface area contributed by atoms with Crippen molar-refractivity contribution in [1.82, 2.24) is 25.2 Å². The topological polar surface area (TPSA) is 153 Å². The summed E-state index contributed by atoms with van der Waals surface area (Å²) in [6, 6.07) is 21.8. The van der Waals surface area contributed by atoms with Gasteiger partial charge in [-0.1, -0.05) is 77.3 Å². The molecule has 1 aliphatic carbocycles. The number of hydrogen-bond donors (Lipinski definition) is 2. The molecule has 1 aliphatic heterocycles. The van der Waals surface area contributed by atoms with E-state index in [1.54, 1.807) is 23.1 Å². The van der Waals surface area contributed by atoms with Crippen molar-refractivity contribution in [2.24, 2.45) is 0 Å². The van der Waals surface area contributed by atoms with Crippen molar-refractivity contribution < 1.29 is 33.0 Å². The molecule has 4 heterocycles. The van der Waals surface area contributed by atoms with E-state index in [1.807, 2.05) is 49.5 Å². The first kappa shape index (κ1) is 42.4. The number of ether oxygens (including phenoxy) is 2. The number of halogens is 3. The highest BCUT2D eigenvalue weighted by Crippen LogP contribution is 2.42. The summed E-state index contributed by atoms with van der Waals surface area (Å²) >= 11 is 17.9. The quantitative estimate of drug-likeness (QED) is 0.127. The van der Waals surface area contributed by atoms with Crippen molar-refractivity contribution in [1.29, 1.82) is 0 Å². The molecule has 8 rings (SSSR count). The number of likely N-dealkylation sites (tertiary alicyclic amines) is 1. The molecule has 0 bridgehead atoms. The maximum Gasteiger partial charge on any atom is 0.275 e. The van der Waals surface area contributed by atoms with Crippen molar-refractivity contribution in [2.75, 3.05) is 20.1 Å². The number of allylic oxidation sites excluding steroid dienone is 1. The lowest BCUT2D eigenvalue weighted by atomic mass is 9.86. The van der Waals surface area contributed by atoms with Crippen LogP contribution in [0.15, 0.2) is 100 Å². The predicted octanol–water partition coefficient (Wildman–Crippen LogP) is 9.27. The highest BCUT2D eigenvalue weighted by molar-refractivity contribution is 6.45. The van der Waals surface area contributed by atoms with Crippen LogP contribution in [-0.4, -0.2) is 63.4 Å². The smallest absolute Gasteiger partial charge is 0.275 e. The molecule has 302 valence electrons. The molecule has 1 fully saturated rings. The summed E-state index contributed by atoms with van der Waals surface area (Å²) in [5.74, 6) is 1.80. The van der Waals surface area contributed by atoms with Crippen LogP contribution in [0.5, 0.6) is 5.75 Å². The van der Waals surface area contributed by atoms with E-state index >= 15 is 0 Å². The first-order valence-corrected chi connectivity index (χ1v) is 19.5. The number of hydrogen-bond acceptors (Lipinski definition) is 11. The Kier molecular flexibility index (Phi) is 13.9. The lowest BCUT2D eigenvalue weighted by Crippen LogP contribution is -2.29. The molecule has 2 unspecified atom stereocenters. The molecular weight excluding hydrogens is 805 g/mol. The van der Waals surface area contributed by atoms with E-state index in [0.29, 0.717) is 59.0 Å². The molecule has 3 aromatic heterocycles. The minimum absolute atomic E-state index is 0.0460. The van der Waals surface area contributed by atoms with Gasteiger partial charge in [0.15, 0.2) is 25.2 Å². The number of amides is 1. The van der Waals surface area contributed by atoms with Gasteiger partial charge < -0.3 is 33.6 Å². The molecule has 2 atom stereocenters. The monoisotopic (exact) mass is 845 g/mol. The number of nitrogens with zero attached hydrogens (tertiary/aromatic N) is 4.